The zero-order chi connectivity index (χ0) is 10.3. The third-order valence-corrected chi connectivity index (χ3v) is 5.41. The van der Waals surface area contributed by atoms with Gasteiger partial charge in [0.05, 0.1) is 0 Å². The van der Waals surface area contributed by atoms with Crippen LogP contribution in [0.15, 0.2) is 29.2 Å². The molecule has 0 radical (unpaired) electrons. The maximum atomic E-state index is 2.28. The minimum absolute atomic E-state index is 0.923. The van der Waals surface area contributed by atoms with Crippen LogP contribution in [0, 0.1) is 18.8 Å². The van der Waals surface area contributed by atoms with E-state index >= 15 is 0 Å². The fraction of sp³-hybridized carbons (Fsp3) is 0.571. The number of hydrogen-bond donors (Lipinski definition) is 0. The highest BCUT2D eigenvalue weighted by Gasteiger charge is 2.39. The van der Waals surface area contributed by atoms with Gasteiger partial charge in [0.2, 0.25) is 0 Å². The number of fused-ring (bicyclic) bond motifs is 2. The van der Waals surface area contributed by atoms with Gasteiger partial charge in [-0.2, -0.15) is 0 Å². The molecular formula is C14H18S. The molecule has 3 rings (SSSR count). The summed E-state index contributed by atoms with van der Waals surface area (Å²) in [4.78, 5) is 1.47. The number of aryl methyl sites for hydroxylation is 1. The van der Waals surface area contributed by atoms with Gasteiger partial charge in [0.25, 0.3) is 0 Å². The van der Waals surface area contributed by atoms with Gasteiger partial charge in [0.1, 0.15) is 0 Å². The SMILES string of the molecule is Cc1ccc(SC2CC3CCC2C3)cc1. The van der Waals surface area contributed by atoms with Gasteiger partial charge in [-0.3, -0.25) is 0 Å². The quantitative estimate of drug-likeness (QED) is 0.714. The van der Waals surface area contributed by atoms with Crippen LogP contribution in [0.4, 0.5) is 0 Å². The van der Waals surface area contributed by atoms with Crippen molar-refractivity contribution >= 4 is 11.8 Å². The van der Waals surface area contributed by atoms with Crippen molar-refractivity contribution in [2.75, 3.05) is 0 Å². The van der Waals surface area contributed by atoms with Crippen LogP contribution in [0.5, 0.6) is 0 Å². The molecule has 0 amide bonds. The van der Waals surface area contributed by atoms with Crippen molar-refractivity contribution in [3.05, 3.63) is 29.8 Å². The van der Waals surface area contributed by atoms with Gasteiger partial charge in [-0.05, 0) is 50.2 Å². The summed E-state index contributed by atoms with van der Waals surface area (Å²) in [6.45, 7) is 2.16. The molecule has 3 unspecified atom stereocenters. The molecule has 0 aromatic heterocycles. The molecule has 80 valence electrons. The average Bonchev–Trinajstić information content (AvgIpc) is 2.83. The Labute approximate surface area is 96.5 Å². The van der Waals surface area contributed by atoms with Gasteiger partial charge >= 0.3 is 0 Å². The molecule has 1 aromatic carbocycles. The van der Waals surface area contributed by atoms with Crippen molar-refractivity contribution in [3.8, 4) is 0 Å². The fourth-order valence-electron chi connectivity index (χ4n) is 3.12. The first kappa shape index (κ1) is 9.77. The first-order valence-electron chi connectivity index (χ1n) is 6.04. The number of hydrogen-bond acceptors (Lipinski definition) is 1. The van der Waals surface area contributed by atoms with E-state index in [1.165, 1.54) is 36.1 Å². The third kappa shape index (κ3) is 1.94. The van der Waals surface area contributed by atoms with Gasteiger partial charge in [-0.25, -0.2) is 0 Å². The van der Waals surface area contributed by atoms with E-state index in [2.05, 4.69) is 43.0 Å². The summed E-state index contributed by atoms with van der Waals surface area (Å²) in [6, 6.07) is 9.03. The summed E-state index contributed by atoms with van der Waals surface area (Å²) < 4.78 is 0. The van der Waals surface area contributed by atoms with E-state index in [0.29, 0.717) is 0 Å². The lowest BCUT2D eigenvalue weighted by atomic mass is 10.0. The zero-order valence-corrected chi connectivity index (χ0v) is 10.1. The Kier molecular flexibility index (Phi) is 2.51. The van der Waals surface area contributed by atoms with Gasteiger partial charge in [-0.1, -0.05) is 24.1 Å². The fourth-order valence-corrected chi connectivity index (χ4v) is 4.57. The lowest BCUT2D eigenvalue weighted by Gasteiger charge is -2.20. The first-order chi connectivity index (χ1) is 7.31. The molecular weight excluding hydrogens is 200 g/mol. The summed E-state index contributed by atoms with van der Waals surface area (Å²) in [7, 11) is 0. The molecule has 1 aromatic rings. The molecule has 2 aliphatic rings. The highest BCUT2D eigenvalue weighted by atomic mass is 32.2. The van der Waals surface area contributed by atoms with Crippen LogP contribution < -0.4 is 0 Å². The van der Waals surface area contributed by atoms with Crippen LogP contribution in [0.25, 0.3) is 0 Å². The molecule has 3 atom stereocenters. The van der Waals surface area contributed by atoms with E-state index in [9.17, 15) is 0 Å². The molecule has 0 N–H and O–H groups in total. The smallest absolute Gasteiger partial charge is 0.0125 e. The van der Waals surface area contributed by atoms with Crippen molar-refractivity contribution < 1.29 is 0 Å². The van der Waals surface area contributed by atoms with E-state index in [1.54, 1.807) is 0 Å². The van der Waals surface area contributed by atoms with Crippen LogP contribution in [-0.4, -0.2) is 5.25 Å². The van der Waals surface area contributed by atoms with E-state index in [-0.39, 0.29) is 0 Å². The Morgan fingerprint density at radius 3 is 2.47 bits per heavy atom. The van der Waals surface area contributed by atoms with Gasteiger partial charge in [0.15, 0.2) is 0 Å². The third-order valence-electron chi connectivity index (χ3n) is 3.98. The Morgan fingerprint density at radius 1 is 1.07 bits per heavy atom. The molecule has 0 heterocycles. The summed E-state index contributed by atoms with van der Waals surface area (Å²) in [5.74, 6) is 2.10. The largest absolute Gasteiger partial charge is 0.122 e. The molecule has 2 bridgehead atoms. The second kappa shape index (κ2) is 3.86. The van der Waals surface area contributed by atoms with E-state index in [4.69, 9.17) is 0 Å². The maximum absolute atomic E-state index is 2.28. The van der Waals surface area contributed by atoms with E-state index in [1.807, 2.05) is 0 Å². The van der Waals surface area contributed by atoms with Crippen LogP contribution in [-0.2, 0) is 0 Å². The second-order valence-corrected chi connectivity index (χ2v) is 6.46. The molecule has 0 saturated heterocycles. The lowest BCUT2D eigenvalue weighted by Crippen LogP contribution is -2.11. The van der Waals surface area contributed by atoms with Gasteiger partial charge in [0, 0.05) is 10.1 Å². The normalized spacial score (nSPS) is 33.5. The van der Waals surface area contributed by atoms with Crippen molar-refractivity contribution in [1.29, 1.82) is 0 Å². The highest BCUT2D eigenvalue weighted by molar-refractivity contribution is 8.00. The molecule has 0 spiro atoms. The molecule has 0 nitrogen and oxygen atoms in total. The van der Waals surface area contributed by atoms with E-state index < -0.39 is 0 Å². The molecule has 2 saturated carbocycles. The van der Waals surface area contributed by atoms with Crippen LogP contribution in [0.3, 0.4) is 0 Å². The molecule has 1 heteroatoms. The summed E-state index contributed by atoms with van der Waals surface area (Å²) in [5.41, 5.74) is 1.37. The number of rotatable bonds is 2. The predicted octanol–water partition coefficient (Wildman–Crippen LogP) is 4.28. The topological polar surface area (TPSA) is 0 Å². The van der Waals surface area contributed by atoms with Crippen molar-refractivity contribution in [2.24, 2.45) is 11.8 Å². The Balaban J connectivity index is 1.68. The van der Waals surface area contributed by atoms with Gasteiger partial charge < -0.3 is 0 Å². The van der Waals surface area contributed by atoms with Crippen LogP contribution in [0.2, 0.25) is 0 Å². The molecule has 2 aliphatic carbocycles. The van der Waals surface area contributed by atoms with Crippen molar-refractivity contribution in [1.82, 2.24) is 0 Å². The second-order valence-electron chi connectivity index (χ2n) is 5.14. The Hall–Kier alpha value is -0.430. The minimum atomic E-state index is 0.923. The zero-order valence-electron chi connectivity index (χ0n) is 9.28. The highest BCUT2D eigenvalue weighted by Crippen LogP contribution is 2.50. The number of benzene rings is 1. The standard InChI is InChI=1S/C14H18S/c1-10-2-6-13(7-3-10)15-14-9-11-4-5-12(14)8-11/h2-3,6-7,11-12,14H,4-5,8-9H2,1H3. The molecule has 0 aliphatic heterocycles. The minimum Gasteiger partial charge on any atom is -0.122 e. The van der Waals surface area contributed by atoms with Crippen LogP contribution in [0.1, 0.15) is 31.2 Å². The Morgan fingerprint density at radius 2 is 1.87 bits per heavy atom. The van der Waals surface area contributed by atoms with Gasteiger partial charge in [-0.15, -0.1) is 11.8 Å². The number of thioether (sulfide) groups is 1. The average molecular weight is 218 g/mol. The molecule has 15 heavy (non-hydrogen) atoms. The summed E-state index contributed by atoms with van der Waals surface area (Å²) >= 11 is 2.12. The maximum Gasteiger partial charge on any atom is 0.0125 e. The lowest BCUT2D eigenvalue weighted by molar-refractivity contribution is 0.492. The monoisotopic (exact) mass is 218 g/mol. The first-order valence-corrected chi connectivity index (χ1v) is 6.92. The predicted molar refractivity (Wildman–Crippen MR) is 66.3 cm³/mol. The van der Waals surface area contributed by atoms with E-state index in [0.717, 1.165) is 17.1 Å². The van der Waals surface area contributed by atoms with Crippen LogP contribution >= 0.6 is 11.8 Å². The Bertz CT molecular complexity index is 341. The van der Waals surface area contributed by atoms with Crippen molar-refractivity contribution in [3.63, 3.8) is 0 Å². The molecule has 2 fully saturated rings. The van der Waals surface area contributed by atoms with Crippen molar-refractivity contribution in [2.45, 2.75) is 42.8 Å². The summed E-state index contributed by atoms with van der Waals surface area (Å²) in [6.07, 6.45) is 6.00. The summed E-state index contributed by atoms with van der Waals surface area (Å²) in [5, 5.41) is 0.923.